The molecular formula is C31H32F2N8O. The minimum absolute atomic E-state index is 0.106. The van der Waals surface area contributed by atoms with Crippen molar-refractivity contribution in [2.75, 3.05) is 24.6 Å². The lowest BCUT2D eigenvalue weighted by atomic mass is 9.94. The van der Waals surface area contributed by atoms with Gasteiger partial charge in [0.05, 0.1) is 18.7 Å². The highest BCUT2D eigenvalue weighted by molar-refractivity contribution is 5.86. The van der Waals surface area contributed by atoms with Crippen LogP contribution >= 0.6 is 0 Å². The second-order valence-electron chi connectivity index (χ2n) is 11.8. The summed E-state index contributed by atoms with van der Waals surface area (Å²) in [6, 6.07) is 13.8. The largest absolute Gasteiger partial charge is 0.376 e. The van der Waals surface area contributed by atoms with E-state index in [4.69, 9.17) is 14.7 Å². The van der Waals surface area contributed by atoms with E-state index in [1.54, 1.807) is 6.33 Å². The number of rotatable bonds is 6. The van der Waals surface area contributed by atoms with Gasteiger partial charge >= 0.3 is 0 Å². The van der Waals surface area contributed by atoms with Crippen LogP contribution in [0.5, 0.6) is 0 Å². The predicted molar refractivity (Wildman–Crippen MR) is 153 cm³/mol. The molecule has 2 aromatic carbocycles. The molecule has 3 fully saturated rings. The maximum absolute atomic E-state index is 13.9. The van der Waals surface area contributed by atoms with Gasteiger partial charge in [0.1, 0.15) is 29.3 Å². The number of nitrogens with zero attached hydrogens (tertiary/aromatic N) is 8. The summed E-state index contributed by atoms with van der Waals surface area (Å²) in [5.41, 5.74) is 3.79. The normalized spacial score (nSPS) is 22.8. The van der Waals surface area contributed by atoms with Crippen LogP contribution in [0, 0.1) is 18.6 Å². The van der Waals surface area contributed by atoms with Crippen molar-refractivity contribution >= 4 is 22.8 Å². The van der Waals surface area contributed by atoms with Crippen LogP contribution in [0.25, 0.3) is 16.9 Å². The number of halogens is 2. The molecule has 0 N–H and O–H groups in total. The predicted octanol–water partition coefficient (Wildman–Crippen LogP) is 4.68. The Labute approximate surface area is 241 Å². The van der Waals surface area contributed by atoms with Gasteiger partial charge in [-0.1, -0.05) is 24.3 Å². The molecule has 42 heavy (non-hydrogen) atoms. The number of benzene rings is 2. The van der Waals surface area contributed by atoms with Crippen LogP contribution in [0.15, 0.2) is 54.9 Å². The molecule has 3 aliphatic heterocycles. The zero-order valence-electron chi connectivity index (χ0n) is 23.4. The maximum Gasteiger partial charge on any atom is 0.258 e. The molecule has 8 rings (SSSR count). The molecule has 2 unspecified atom stereocenters. The molecule has 6 heterocycles. The topological polar surface area (TPSA) is 76.6 Å². The molecule has 3 aromatic heterocycles. The van der Waals surface area contributed by atoms with Crippen molar-refractivity contribution in [2.24, 2.45) is 0 Å². The molecule has 5 aromatic rings. The van der Waals surface area contributed by atoms with E-state index in [1.165, 1.54) is 24.3 Å². The van der Waals surface area contributed by atoms with E-state index in [0.29, 0.717) is 5.78 Å². The van der Waals surface area contributed by atoms with E-state index in [2.05, 4.69) is 24.6 Å². The number of fused-ring (bicyclic) bond motifs is 5. The van der Waals surface area contributed by atoms with Crippen LogP contribution in [-0.4, -0.2) is 71.9 Å². The Hall–Kier alpha value is -3.96. The summed E-state index contributed by atoms with van der Waals surface area (Å²) >= 11 is 0. The fourth-order valence-corrected chi connectivity index (χ4v) is 7.34. The maximum atomic E-state index is 13.9. The van der Waals surface area contributed by atoms with Crippen molar-refractivity contribution in [3.63, 3.8) is 0 Å². The summed E-state index contributed by atoms with van der Waals surface area (Å²) in [7, 11) is 0. The second kappa shape index (κ2) is 10.1. The number of hydrogen-bond acceptors (Lipinski definition) is 7. The molecule has 0 spiro atoms. The number of aromatic nitrogens is 6. The standard InChI is InChI=1S/C31H32F2N8O/c1-19-35-27-29(36-31-37-34-18-40(31)30(27)39(19)17-26-3-2-14-42-26)38-15-24-12-13-25(16-38)41(24)28(20-4-8-22(32)9-5-20)21-6-10-23(33)11-7-21/h4-11,18,24-26,28H,2-3,12-17H2,1H3/t24?,25?,26-/m0/s1. The first-order valence-corrected chi connectivity index (χ1v) is 14.7. The molecule has 11 heteroatoms. The smallest absolute Gasteiger partial charge is 0.258 e. The van der Waals surface area contributed by atoms with Crippen LogP contribution in [0.4, 0.5) is 14.6 Å². The summed E-state index contributed by atoms with van der Waals surface area (Å²) in [5, 5.41) is 8.50. The van der Waals surface area contributed by atoms with E-state index in [-0.39, 0.29) is 35.9 Å². The van der Waals surface area contributed by atoms with Gasteiger partial charge in [-0.15, -0.1) is 10.2 Å². The number of imidazole rings is 1. The highest BCUT2D eigenvalue weighted by atomic mass is 19.1. The van der Waals surface area contributed by atoms with Crippen molar-refractivity contribution in [2.45, 2.75) is 63.4 Å². The average Bonchev–Trinajstić information content (AvgIpc) is 3.78. The Morgan fingerprint density at radius 1 is 0.905 bits per heavy atom. The molecule has 3 atom stereocenters. The van der Waals surface area contributed by atoms with E-state index in [0.717, 1.165) is 85.9 Å². The average molecular weight is 571 g/mol. The van der Waals surface area contributed by atoms with Gasteiger partial charge in [-0.25, -0.2) is 18.2 Å². The van der Waals surface area contributed by atoms with Crippen molar-refractivity contribution in [3.8, 4) is 0 Å². The van der Waals surface area contributed by atoms with Gasteiger partial charge < -0.3 is 14.2 Å². The number of aryl methyl sites for hydroxylation is 1. The molecule has 216 valence electrons. The second-order valence-corrected chi connectivity index (χ2v) is 11.8. The summed E-state index contributed by atoms with van der Waals surface area (Å²) in [6.07, 6.45) is 6.05. The molecule has 0 radical (unpaired) electrons. The van der Waals surface area contributed by atoms with Crippen LogP contribution in [0.3, 0.4) is 0 Å². The van der Waals surface area contributed by atoms with E-state index in [9.17, 15) is 8.78 Å². The lowest BCUT2D eigenvalue weighted by molar-refractivity contribution is 0.0972. The van der Waals surface area contributed by atoms with Gasteiger partial charge in [0, 0.05) is 31.8 Å². The first kappa shape index (κ1) is 25.7. The van der Waals surface area contributed by atoms with Gasteiger partial charge in [-0.05, 0) is 68.0 Å². The molecule has 0 saturated carbocycles. The van der Waals surface area contributed by atoms with Crippen molar-refractivity contribution < 1.29 is 13.5 Å². The lowest BCUT2D eigenvalue weighted by Crippen LogP contribution is -2.55. The molecule has 0 amide bonds. The Bertz CT molecular complexity index is 1690. The Morgan fingerprint density at radius 2 is 1.57 bits per heavy atom. The van der Waals surface area contributed by atoms with Crippen LogP contribution < -0.4 is 4.90 Å². The minimum atomic E-state index is -0.266. The lowest BCUT2D eigenvalue weighted by Gasteiger charge is -2.45. The molecular weight excluding hydrogens is 538 g/mol. The molecule has 9 nitrogen and oxygen atoms in total. The summed E-state index contributed by atoms with van der Waals surface area (Å²) in [6.45, 7) is 5.09. The fraction of sp³-hybridized carbons (Fsp3) is 0.419. The first-order chi connectivity index (χ1) is 20.5. The van der Waals surface area contributed by atoms with E-state index < -0.39 is 0 Å². The number of hydrogen-bond donors (Lipinski definition) is 0. The Kier molecular flexibility index (Phi) is 6.18. The third kappa shape index (κ3) is 4.25. The van der Waals surface area contributed by atoms with Crippen molar-refractivity contribution in [1.82, 2.24) is 34.0 Å². The van der Waals surface area contributed by atoms with Crippen LogP contribution in [0.2, 0.25) is 0 Å². The third-order valence-electron chi connectivity index (χ3n) is 9.23. The Morgan fingerprint density at radius 3 is 2.19 bits per heavy atom. The fourth-order valence-electron chi connectivity index (χ4n) is 7.34. The number of anilines is 1. The van der Waals surface area contributed by atoms with Gasteiger partial charge in [0.25, 0.3) is 5.78 Å². The van der Waals surface area contributed by atoms with Gasteiger partial charge in [-0.2, -0.15) is 4.98 Å². The molecule has 0 aliphatic carbocycles. The minimum Gasteiger partial charge on any atom is -0.376 e. The van der Waals surface area contributed by atoms with E-state index >= 15 is 0 Å². The van der Waals surface area contributed by atoms with Gasteiger partial charge in [0.15, 0.2) is 11.5 Å². The zero-order valence-corrected chi connectivity index (χ0v) is 23.4. The van der Waals surface area contributed by atoms with Crippen LogP contribution in [-0.2, 0) is 11.3 Å². The van der Waals surface area contributed by atoms with Crippen molar-refractivity contribution in [1.29, 1.82) is 0 Å². The third-order valence-corrected chi connectivity index (χ3v) is 9.23. The quantitative estimate of drug-likeness (QED) is 0.293. The van der Waals surface area contributed by atoms with Gasteiger partial charge in [-0.3, -0.25) is 4.90 Å². The monoisotopic (exact) mass is 570 g/mol. The summed E-state index contributed by atoms with van der Waals surface area (Å²) < 4.78 is 37.9. The summed E-state index contributed by atoms with van der Waals surface area (Å²) in [4.78, 5) is 14.9. The highest BCUT2D eigenvalue weighted by Crippen LogP contribution is 2.42. The molecule has 3 aliphatic rings. The summed E-state index contributed by atoms with van der Waals surface area (Å²) in [5.74, 6) is 1.77. The first-order valence-electron chi connectivity index (χ1n) is 14.7. The molecule has 3 saturated heterocycles. The molecule has 2 bridgehead atoms. The van der Waals surface area contributed by atoms with E-state index in [1.807, 2.05) is 35.6 Å². The van der Waals surface area contributed by atoms with Crippen LogP contribution in [0.1, 0.15) is 48.7 Å². The zero-order chi connectivity index (χ0) is 28.4. The highest BCUT2D eigenvalue weighted by Gasteiger charge is 2.45. The number of piperazine rings is 1. The number of ether oxygens (including phenoxy) is 1. The SMILES string of the molecule is Cc1nc2c(N3CC4CCC(C3)N4C(c3ccc(F)cc3)c3ccc(F)cc3)nc3nncn3c2n1C[C@@H]1CCCO1. The Balaban J connectivity index is 1.17. The van der Waals surface area contributed by atoms with Gasteiger partial charge in [0.2, 0.25) is 0 Å². The van der Waals surface area contributed by atoms with Crippen molar-refractivity contribution in [3.05, 3.63) is 83.4 Å².